The summed E-state index contributed by atoms with van der Waals surface area (Å²) < 4.78 is 6.90. The van der Waals surface area contributed by atoms with E-state index in [-0.39, 0.29) is 17.0 Å². The van der Waals surface area contributed by atoms with Gasteiger partial charge < -0.3 is 9.52 Å². The van der Waals surface area contributed by atoms with Crippen LogP contribution in [0, 0.1) is 17.0 Å². The number of carboxylic acid groups (broad SMARTS) is 1. The molecule has 2 heterocycles. The lowest BCUT2D eigenvalue weighted by molar-refractivity contribution is -0.385. The van der Waals surface area contributed by atoms with Crippen molar-refractivity contribution in [2.75, 3.05) is 0 Å². The third kappa shape index (κ3) is 2.96. The fraction of sp³-hybridized carbons (Fsp3) is 0.0476. The van der Waals surface area contributed by atoms with Crippen LogP contribution in [0.1, 0.15) is 26.5 Å². The second-order valence-electron chi connectivity index (χ2n) is 6.41. The molecule has 4 rings (SSSR count). The summed E-state index contributed by atoms with van der Waals surface area (Å²) in [6, 6.07) is 14.3. The summed E-state index contributed by atoms with van der Waals surface area (Å²) in [5, 5.41) is 21.0. The zero-order valence-electron chi connectivity index (χ0n) is 15.2. The molecule has 0 aliphatic carbocycles. The van der Waals surface area contributed by atoms with Gasteiger partial charge >= 0.3 is 5.97 Å². The van der Waals surface area contributed by atoms with E-state index in [1.54, 1.807) is 49.4 Å². The normalized spacial score (nSPS) is 10.9. The van der Waals surface area contributed by atoms with E-state index in [4.69, 9.17) is 4.42 Å². The lowest BCUT2D eigenvalue weighted by atomic mass is 10.1. The van der Waals surface area contributed by atoms with Gasteiger partial charge in [-0.25, -0.2) is 4.79 Å². The Morgan fingerprint density at radius 1 is 1.07 bits per heavy atom. The Labute approximate surface area is 163 Å². The molecule has 2 aromatic heterocycles. The molecule has 0 aliphatic heterocycles. The van der Waals surface area contributed by atoms with Crippen LogP contribution in [0.15, 0.2) is 65.2 Å². The SMILES string of the molecule is Cc1c(-c2ccc(C(=O)n3cc(C(=O)O)c4ccccc43)o2)cccc1[N+](=O)[O-]. The van der Waals surface area contributed by atoms with Crippen LogP contribution in [0.2, 0.25) is 0 Å². The molecule has 0 spiro atoms. The number of nitro benzene ring substituents is 1. The topological polar surface area (TPSA) is 116 Å². The number of carbonyl (C=O) groups excluding carboxylic acids is 1. The van der Waals surface area contributed by atoms with Gasteiger partial charge in [0.1, 0.15) is 5.76 Å². The van der Waals surface area contributed by atoms with Crippen LogP contribution < -0.4 is 0 Å². The van der Waals surface area contributed by atoms with Crippen molar-refractivity contribution >= 4 is 28.5 Å². The summed E-state index contributed by atoms with van der Waals surface area (Å²) in [5.41, 5.74) is 1.33. The van der Waals surface area contributed by atoms with Gasteiger partial charge in [0.05, 0.1) is 16.0 Å². The maximum Gasteiger partial charge on any atom is 0.337 e. The highest BCUT2D eigenvalue weighted by atomic mass is 16.6. The predicted octanol–water partition coefficient (Wildman–Crippen LogP) is 4.50. The first-order valence-electron chi connectivity index (χ1n) is 8.60. The van der Waals surface area contributed by atoms with Crippen LogP contribution in [0.4, 0.5) is 5.69 Å². The molecule has 1 N–H and O–H groups in total. The molecule has 0 saturated carbocycles. The summed E-state index contributed by atoms with van der Waals surface area (Å²) in [4.78, 5) is 35.1. The van der Waals surface area contributed by atoms with Crippen molar-refractivity contribution in [3.63, 3.8) is 0 Å². The molecule has 0 aliphatic rings. The van der Waals surface area contributed by atoms with Crippen LogP contribution >= 0.6 is 0 Å². The Kier molecular flexibility index (Phi) is 4.23. The van der Waals surface area contributed by atoms with Crippen molar-refractivity contribution in [1.29, 1.82) is 0 Å². The third-order valence-corrected chi connectivity index (χ3v) is 4.75. The van der Waals surface area contributed by atoms with E-state index < -0.39 is 16.8 Å². The summed E-state index contributed by atoms with van der Waals surface area (Å²) in [6.45, 7) is 1.61. The van der Waals surface area contributed by atoms with Gasteiger partial charge in [-0.1, -0.05) is 30.3 Å². The number of hydrogen-bond acceptors (Lipinski definition) is 5. The molecule has 4 aromatic rings. The lowest BCUT2D eigenvalue weighted by Crippen LogP contribution is -2.09. The number of rotatable bonds is 4. The van der Waals surface area contributed by atoms with Crippen molar-refractivity contribution in [3.05, 3.63) is 87.8 Å². The number of nitrogens with zero attached hydrogens (tertiary/aromatic N) is 2. The zero-order valence-corrected chi connectivity index (χ0v) is 15.2. The number of hydrogen-bond donors (Lipinski definition) is 1. The molecule has 2 aromatic carbocycles. The molecule has 0 fully saturated rings. The fourth-order valence-corrected chi connectivity index (χ4v) is 3.32. The van der Waals surface area contributed by atoms with Gasteiger partial charge in [-0.2, -0.15) is 0 Å². The molecule has 0 unspecified atom stereocenters. The molecule has 0 bridgehead atoms. The van der Waals surface area contributed by atoms with Crippen molar-refractivity contribution in [2.45, 2.75) is 6.92 Å². The molecule has 8 heteroatoms. The molecule has 8 nitrogen and oxygen atoms in total. The number of nitro groups is 1. The van der Waals surface area contributed by atoms with Crippen LogP contribution in [-0.4, -0.2) is 26.5 Å². The van der Waals surface area contributed by atoms with Crippen LogP contribution in [0.3, 0.4) is 0 Å². The number of aromatic nitrogens is 1. The lowest BCUT2D eigenvalue weighted by Gasteiger charge is -2.04. The Balaban J connectivity index is 1.78. The zero-order chi connectivity index (χ0) is 20.7. The average Bonchev–Trinajstić information content (AvgIpc) is 3.33. The van der Waals surface area contributed by atoms with Gasteiger partial charge in [-0.05, 0) is 25.1 Å². The van der Waals surface area contributed by atoms with Crippen molar-refractivity contribution < 1.29 is 24.0 Å². The standard InChI is InChI=1S/C21H14N2O6/c1-12-13(6-4-8-16(12)23(27)28)18-9-10-19(29-18)20(24)22-11-15(21(25)26)14-5-2-3-7-17(14)22/h2-11H,1H3,(H,25,26). The molecule has 0 radical (unpaired) electrons. The Morgan fingerprint density at radius 3 is 2.55 bits per heavy atom. The van der Waals surface area contributed by atoms with Gasteiger partial charge in [0.2, 0.25) is 0 Å². The quantitative estimate of drug-likeness (QED) is 0.405. The molecule has 29 heavy (non-hydrogen) atoms. The van der Waals surface area contributed by atoms with E-state index in [1.807, 2.05) is 0 Å². The van der Waals surface area contributed by atoms with Gasteiger partial charge in [0, 0.05) is 28.8 Å². The smallest absolute Gasteiger partial charge is 0.337 e. The number of carboxylic acids is 1. The maximum atomic E-state index is 13.0. The first kappa shape index (κ1) is 18.2. The van der Waals surface area contributed by atoms with Crippen molar-refractivity contribution in [1.82, 2.24) is 4.57 Å². The molecule has 0 atom stereocenters. The van der Waals surface area contributed by atoms with E-state index in [0.29, 0.717) is 27.8 Å². The van der Waals surface area contributed by atoms with E-state index in [2.05, 4.69) is 0 Å². The van der Waals surface area contributed by atoms with E-state index in [9.17, 15) is 24.8 Å². The molecule has 144 valence electrons. The summed E-state index contributed by atoms with van der Waals surface area (Å²) in [5.74, 6) is -1.38. The van der Waals surface area contributed by atoms with Gasteiger partial charge in [0.15, 0.2) is 5.76 Å². The second kappa shape index (κ2) is 6.75. The van der Waals surface area contributed by atoms with Gasteiger partial charge in [0.25, 0.3) is 11.6 Å². The highest BCUT2D eigenvalue weighted by Crippen LogP contribution is 2.31. The number of carbonyl (C=O) groups is 2. The Hall–Kier alpha value is -4.20. The van der Waals surface area contributed by atoms with Gasteiger partial charge in [-0.15, -0.1) is 0 Å². The number of aromatic carboxylic acids is 1. The highest BCUT2D eigenvalue weighted by molar-refractivity contribution is 6.08. The number of para-hydroxylation sites is 1. The summed E-state index contributed by atoms with van der Waals surface area (Å²) >= 11 is 0. The maximum absolute atomic E-state index is 13.0. The molecule has 0 saturated heterocycles. The van der Waals surface area contributed by atoms with Crippen molar-refractivity contribution in [3.8, 4) is 11.3 Å². The monoisotopic (exact) mass is 390 g/mol. The first-order valence-corrected chi connectivity index (χ1v) is 8.60. The molecular weight excluding hydrogens is 376 g/mol. The van der Waals surface area contributed by atoms with Crippen LogP contribution in [0.5, 0.6) is 0 Å². The van der Waals surface area contributed by atoms with Gasteiger partial charge in [-0.3, -0.25) is 19.5 Å². The first-order chi connectivity index (χ1) is 13.9. The number of furan rings is 1. The molecule has 0 amide bonds. The minimum absolute atomic E-state index is 0.00950. The van der Waals surface area contributed by atoms with Crippen LogP contribution in [-0.2, 0) is 0 Å². The highest BCUT2D eigenvalue weighted by Gasteiger charge is 2.22. The molecular formula is C21H14N2O6. The Bertz CT molecular complexity index is 1300. The van der Waals surface area contributed by atoms with E-state index in [0.717, 1.165) is 0 Å². The largest absolute Gasteiger partial charge is 0.478 e. The fourth-order valence-electron chi connectivity index (χ4n) is 3.32. The summed E-state index contributed by atoms with van der Waals surface area (Å²) in [7, 11) is 0. The summed E-state index contributed by atoms with van der Waals surface area (Å²) in [6.07, 6.45) is 1.26. The number of fused-ring (bicyclic) bond motifs is 1. The number of benzene rings is 2. The minimum Gasteiger partial charge on any atom is -0.478 e. The Morgan fingerprint density at radius 2 is 1.83 bits per heavy atom. The minimum atomic E-state index is -1.14. The average molecular weight is 390 g/mol. The van der Waals surface area contributed by atoms with Crippen LogP contribution in [0.25, 0.3) is 22.2 Å². The third-order valence-electron chi connectivity index (χ3n) is 4.75. The van der Waals surface area contributed by atoms with Crippen molar-refractivity contribution in [2.24, 2.45) is 0 Å². The second-order valence-corrected chi connectivity index (χ2v) is 6.41. The van der Waals surface area contributed by atoms with E-state index in [1.165, 1.54) is 22.9 Å². The predicted molar refractivity (Wildman–Crippen MR) is 104 cm³/mol. The van der Waals surface area contributed by atoms with E-state index >= 15 is 0 Å².